The van der Waals surface area contributed by atoms with Gasteiger partial charge in [0.1, 0.15) is 0 Å². The first-order chi connectivity index (χ1) is 7.12. The van der Waals surface area contributed by atoms with Gasteiger partial charge < -0.3 is 5.32 Å². The largest absolute Gasteiger partial charge is 0.311 e. The average Bonchev–Trinajstić information content (AvgIpc) is 2.22. The van der Waals surface area contributed by atoms with E-state index in [1.807, 2.05) is 0 Å². The molecule has 1 nitrogen and oxygen atoms in total. The van der Waals surface area contributed by atoms with Crippen molar-refractivity contribution in [2.45, 2.75) is 64.7 Å². The molecule has 0 amide bonds. The van der Waals surface area contributed by atoms with Crippen LogP contribution in [0.5, 0.6) is 0 Å². The van der Waals surface area contributed by atoms with E-state index in [1.54, 1.807) is 0 Å². The average molecular weight is 221 g/mol. The van der Waals surface area contributed by atoms with Gasteiger partial charge in [0.2, 0.25) is 0 Å². The summed E-state index contributed by atoms with van der Waals surface area (Å²) in [5.41, 5.74) is 0. The summed E-state index contributed by atoms with van der Waals surface area (Å²) in [6, 6.07) is 0. The van der Waals surface area contributed by atoms with Crippen molar-refractivity contribution in [3.63, 3.8) is 0 Å². The van der Waals surface area contributed by atoms with Crippen molar-refractivity contribution >= 4 is 0 Å². The Morgan fingerprint density at radius 3 is 2.13 bits per heavy atom. The van der Waals surface area contributed by atoms with E-state index >= 15 is 0 Å². The monoisotopic (exact) mass is 221 g/mol. The first-order valence-electron chi connectivity index (χ1n) is 6.21. The third kappa shape index (κ3) is 10.1. The molecule has 0 saturated carbocycles. The highest BCUT2D eigenvalue weighted by atomic mass is 19.3. The molecule has 15 heavy (non-hydrogen) atoms. The molecular weight excluding hydrogens is 196 g/mol. The van der Waals surface area contributed by atoms with Crippen molar-refractivity contribution in [3.05, 3.63) is 0 Å². The van der Waals surface area contributed by atoms with Crippen molar-refractivity contribution in [2.75, 3.05) is 13.1 Å². The molecule has 0 aromatic rings. The van der Waals surface area contributed by atoms with Gasteiger partial charge in [-0.1, -0.05) is 46.0 Å². The molecule has 0 heterocycles. The van der Waals surface area contributed by atoms with Crippen molar-refractivity contribution in [1.82, 2.24) is 5.32 Å². The summed E-state index contributed by atoms with van der Waals surface area (Å²) in [7, 11) is 0. The van der Waals surface area contributed by atoms with E-state index in [-0.39, 0.29) is 13.0 Å². The number of unbranched alkanes of at least 4 members (excludes halogenated alkanes) is 5. The third-order valence-electron chi connectivity index (χ3n) is 2.61. The lowest BCUT2D eigenvalue weighted by molar-refractivity contribution is -0.00146. The smallest absolute Gasteiger partial charge is 0.260 e. The van der Waals surface area contributed by atoms with Gasteiger partial charge in [-0.2, -0.15) is 0 Å². The maximum atomic E-state index is 12.8. The van der Waals surface area contributed by atoms with Gasteiger partial charge in [-0.3, -0.25) is 0 Å². The Bertz CT molecular complexity index is 138. The van der Waals surface area contributed by atoms with Crippen LogP contribution < -0.4 is 5.32 Å². The molecule has 0 fully saturated rings. The fourth-order valence-electron chi connectivity index (χ4n) is 1.43. The quantitative estimate of drug-likeness (QED) is 0.550. The zero-order chi connectivity index (χ0) is 11.6. The minimum absolute atomic E-state index is 0.0729. The molecule has 0 bridgehead atoms. The van der Waals surface area contributed by atoms with Crippen LogP contribution in [0.15, 0.2) is 0 Å². The van der Waals surface area contributed by atoms with Crippen LogP contribution in [0, 0.1) is 0 Å². The van der Waals surface area contributed by atoms with Crippen molar-refractivity contribution < 1.29 is 8.78 Å². The second kappa shape index (κ2) is 9.08. The number of alkyl halides is 2. The number of halogens is 2. The van der Waals surface area contributed by atoms with E-state index in [4.69, 9.17) is 0 Å². The predicted molar refractivity (Wildman–Crippen MR) is 61.5 cm³/mol. The number of nitrogens with one attached hydrogen (secondary N) is 1. The lowest BCUT2D eigenvalue weighted by atomic mass is 10.1. The summed E-state index contributed by atoms with van der Waals surface area (Å²) in [6.45, 7) is 4.26. The molecule has 0 unspecified atom stereocenters. The molecule has 1 N–H and O–H groups in total. The Balaban J connectivity index is 3.11. The lowest BCUT2D eigenvalue weighted by Gasteiger charge is -2.14. The van der Waals surface area contributed by atoms with Gasteiger partial charge in [-0.05, 0) is 13.0 Å². The first kappa shape index (κ1) is 14.8. The summed E-state index contributed by atoms with van der Waals surface area (Å²) < 4.78 is 25.5. The highest BCUT2D eigenvalue weighted by Crippen LogP contribution is 2.15. The van der Waals surface area contributed by atoms with Crippen LogP contribution in [-0.2, 0) is 0 Å². The second-order valence-electron chi connectivity index (χ2n) is 4.15. The molecule has 0 atom stereocenters. The van der Waals surface area contributed by atoms with Gasteiger partial charge in [0, 0.05) is 6.42 Å². The van der Waals surface area contributed by atoms with E-state index in [2.05, 4.69) is 12.2 Å². The van der Waals surface area contributed by atoms with Crippen molar-refractivity contribution in [1.29, 1.82) is 0 Å². The van der Waals surface area contributed by atoms with Gasteiger partial charge in [-0.15, -0.1) is 0 Å². The molecule has 0 rings (SSSR count). The van der Waals surface area contributed by atoms with Crippen LogP contribution in [0.1, 0.15) is 58.8 Å². The Morgan fingerprint density at radius 1 is 0.933 bits per heavy atom. The fourth-order valence-corrected chi connectivity index (χ4v) is 1.43. The maximum Gasteiger partial charge on any atom is 0.260 e. The normalized spacial score (nSPS) is 12.0. The third-order valence-corrected chi connectivity index (χ3v) is 2.61. The maximum absolute atomic E-state index is 12.8. The topological polar surface area (TPSA) is 12.0 Å². The predicted octanol–water partition coefficient (Wildman–Crippen LogP) is 3.98. The van der Waals surface area contributed by atoms with Crippen LogP contribution in [0.25, 0.3) is 0 Å². The fraction of sp³-hybridized carbons (Fsp3) is 1.00. The molecule has 0 saturated heterocycles. The molecule has 0 aliphatic carbocycles. The van der Waals surface area contributed by atoms with Gasteiger partial charge in [-0.25, -0.2) is 8.78 Å². The molecular formula is C12H25F2N. The van der Waals surface area contributed by atoms with Crippen LogP contribution in [0.2, 0.25) is 0 Å². The first-order valence-corrected chi connectivity index (χ1v) is 6.21. The summed E-state index contributed by atoms with van der Waals surface area (Å²) in [4.78, 5) is 0. The lowest BCUT2D eigenvalue weighted by Crippen LogP contribution is -2.32. The van der Waals surface area contributed by atoms with Crippen LogP contribution in [-0.4, -0.2) is 19.0 Å². The number of hydrogen-bond donors (Lipinski definition) is 1. The molecule has 0 radical (unpaired) electrons. The highest BCUT2D eigenvalue weighted by Gasteiger charge is 2.24. The van der Waals surface area contributed by atoms with E-state index in [9.17, 15) is 8.78 Å². The van der Waals surface area contributed by atoms with Crippen LogP contribution >= 0.6 is 0 Å². The standard InChI is InChI=1S/C12H25F2N/c1-3-5-6-7-8-9-10-15-11-12(13,14)4-2/h15H,3-11H2,1-2H3. The summed E-state index contributed by atoms with van der Waals surface area (Å²) in [5.74, 6) is -2.53. The molecule has 0 aromatic heterocycles. The van der Waals surface area contributed by atoms with Gasteiger partial charge in [0.15, 0.2) is 0 Å². The van der Waals surface area contributed by atoms with Crippen molar-refractivity contribution in [2.24, 2.45) is 0 Å². The Labute approximate surface area is 92.6 Å². The van der Waals surface area contributed by atoms with E-state index < -0.39 is 5.92 Å². The number of hydrogen-bond acceptors (Lipinski definition) is 1. The molecule has 0 spiro atoms. The van der Waals surface area contributed by atoms with E-state index in [1.165, 1.54) is 32.6 Å². The van der Waals surface area contributed by atoms with Crippen molar-refractivity contribution in [3.8, 4) is 0 Å². The summed E-state index contributed by atoms with van der Waals surface area (Å²) in [5, 5.41) is 2.82. The van der Waals surface area contributed by atoms with Gasteiger partial charge in [0.25, 0.3) is 5.92 Å². The molecule has 0 aromatic carbocycles. The van der Waals surface area contributed by atoms with E-state index in [0.29, 0.717) is 0 Å². The zero-order valence-corrected chi connectivity index (χ0v) is 10.1. The second-order valence-corrected chi connectivity index (χ2v) is 4.15. The minimum atomic E-state index is -2.53. The zero-order valence-electron chi connectivity index (χ0n) is 10.1. The number of rotatable bonds is 10. The van der Waals surface area contributed by atoms with Gasteiger partial charge >= 0.3 is 0 Å². The minimum Gasteiger partial charge on any atom is -0.311 e. The van der Waals surface area contributed by atoms with Crippen LogP contribution in [0.4, 0.5) is 8.78 Å². The Kier molecular flexibility index (Phi) is 8.97. The van der Waals surface area contributed by atoms with Crippen LogP contribution in [0.3, 0.4) is 0 Å². The summed E-state index contributed by atoms with van der Waals surface area (Å²) in [6.07, 6.45) is 7.16. The molecule has 0 aliphatic heterocycles. The van der Waals surface area contributed by atoms with E-state index in [0.717, 1.165) is 19.4 Å². The Hall–Kier alpha value is -0.180. The Morgan fingerprint density at radius 2 is 1.53 bits per heavy atom. The molecule has 0 aliphatic rings. The molecule has 92 valence electrons. The SMILES string of the molecule is CCCCCCCCNCC(F)(F)CC. The summed E-state index contributed by atoms with van der Waals surface area (Å²) >= 11 is 0. The molecule has 3 heteroatoms. The van der Waals surface area contributed by atoms with Gasteiger partial charge in [0.05, 0.1) is 6.54 Å². The highest BCUT2D eigenvalue weighted by molar-refractivity contribution is 4.66.